The quantitative estimate of drug-likeness (QED) is 0.900. The van der Waals surface area contributed by atoms with Crippen molar-refractivity contribution < 1.29 is 13.9 Å². The van der Waals surface area contributed by atoms with E-state index in [0.717, 1.165) is 11.3 Å². The van der Waals surface area contributed by atoms with Crippen LogP contribution in [0.15, 0.2) is 46.9 Å². The fraction of sp³-hybridized carbons (Fsp3) is 0.188. The Morgan fingerprint density at radius 1 is 1.24 bits per heavy atom. The van der Waals surface area contributed by atoms with Gasteiger partial charge in [-0.25, -0.2) is 4.39 Å². The average molecular weight is 352 g/mol. The molecule has 0 aliphatic carbocycles. The lowest BCUT2D eigenvalue weighted by atomic mass is 10.1. The molecular formula is C16H15BrFNO2. The minimum absolute atomic E-state index is 0.0183. The molecule has 1 atom stereocenters. The van der Waals surface area contributed by atoms with E-state index in [-0.39, 0.29) is 16.1 Å². The third kappa shape index (κ3) is 3.61. The van der Waals surface area contributed by atoms with Crippen LogP contribution in [0.2, 0.25) is 0 Å². The van der Waals surface area contributed by atoms with Crippen LogP contribution in [0.4, 0.5) is 4.39 Å². The van der Waals surface area contributed by atoms with E-state index in [9.17, 15) is 9.18 Å². The van der Waals surface area contributed by atoms with E-state index in [2.05, 4.69) is 21.2 Å². The summed E-state index contributed by atoms with van der Waals surface area (Å²) in [4.78, 5) is 12.1. The fourth-order valence-corrected chi connectivity index (χ4v) is 2.30. The summed E-state index contributed by atoms with van der Waals surface area (Å²) in [6.07, 6.45) is 0. The van der Waals surface area contributed by atoms with Crippen LogP contribution in [0, 0.1) is 5.82 Å². The van der Waals surface area contributed by atoms with Crippen LogP contribution in [-0.2, 0) is 0 Å². The molecule has 1 amide bonds. The number of benzene rings is 2. The van der Waals surface area contributed by atoms with E-state index in [0.29, 0.717) is 0 Å². The lowest BCUT2D eigenvalue weighted by molar-refractivity contribution is 0.0935. The summed E-state index contributed by atoms with van der Waals surface area (Å²) in [5.41, 5.74) is 0.935. The van der Waals surface area contributed by atoms with Crippen LogP contribution in [0.25, 0.3) is 0 Å². The van der Waals surface area contributed by atoms with Crippen molar-refractivity contribution in [2.75, 3.05) is 7.11 Å². The highest BCUT2D eigenvalue weighted by Gasteiger charge is 2.16. The zero-order valence-corrected chi connectivity index (χ0v) is 13.3. The molecule has 0 aliphatic heterocycles. The number of rotatable bonds is 4. The first-order chi connectivity index (χ1) is 10.0. The van der Waals surface area contributed by atoms with Gasteiger partial charge in [0.2, 0.25) is 0 Å². The molecule has 2 rings (SSSR count). The lowest BCUT2D eigenvalue weighted by Gasteiger charge is -2.15. The molecule has 1 N–H and O–H groups in total. The van der Waals surface area contributed by atoms with Gasteiger partial charge in [-0.2, -0.15) is 0 Å². The van der Waals surface area contributed by atoms with Crippen molar-refractivity contribution in [2.24, 2.45) is 0 Å². The molecule has 0 bridgehead atoms. The molecule has 21 heavy (non-hydrogen) atoms. The number of nitrogens with one attached hydrogen (secondary N) is 1. The first kappa shape index (κ1) is 15.5. The predicted octanol–water partition coefficient (Wildman–Crippen LogP) is 4.09. The third-order valence-corrected chi connectivity index (χ3v) is 3.77. The Labute approximate surface area is 131 Å². The zero-order valence-electron chi connectivity index (χ0n) is 11.7. The molecule has 5 heteroatoms. The molecular weight excluding hydrogens is 337 g/mol. The standard InChI is InChI=1S/C16H15BrFNO2/c1-10(11-6-8-12(21-2)9-7-11)19-16(20)13-4-3-5-14(17)15(13)18/h3-10H,1-2H3,(H,19,20). The number of hydrogen-bond donors (Lipinski definition) is 1. The Hall–Kier alpha value is -1.88. The van der Waals surface area contributed by atoms with E-state index in [1.165, 1.54) is 6.07 Å². The topological polar surface area (TPSA) is 38.3 Å². The Bertz CT molecular complexity index is 643. The van der Waals surface area contributed by atoms with Gasteiger partial charge in [0, 0.05) is 0 Å². The normalized spacial score (nSPS) is 11.8. The molecule has 3 nitrogen and oxygen atoms in total. The van der Waals surface area contributed by atoms with Crippen molar-refractivity contribution in [1.82, 2.24) is 5.32 Å². The average Bonchev–Trinajstić information content (AvgIpc) is 2.50. The second kappa shape index (κ2) is 6.72. The van der Waals surface area contributed by atoms with Crippen LogP contribution in [0.1, 0.15) is 28.9 Å². The van der Waals surface area contributed by atoms with Crippen LogP contribution in [0.5, 0.6) is 5.75 Å². The smallest absolute Gasteiger partial charge is 0.254 e. The minimum atomic E-state index is -0.558. The van der Waals surface area contributed by atoms with E-state index in [4.69, 9.17) is 4.74 Å². The largest absolute Gasteiger partial charge is 0.497 e. The second-order valence-electron chi connectivity index (χ2n) is 4.57. The van der Waals surface area contributed by atoms with Gasteiger partial charge >= 0.3 is 0 Å². The maximum absolute atomic E-state index is 13.9. The van der Waals surface area contributed by atoms with Crippen molar-refractivity contribution >= 4 is 21.8 Å². The number of amides is 1. The Kier molecular flexibility index (Phi) is 4.96. The van der Waals surface area contributed by atoms with Gasteiger partial charge in [0.05, 0.1) is 23.2 Å². The highest BCUT2D eigenvalue weighted by atomic mass is 79.9. The van der Waals surface area contributed by atoms with E-state index < -0.39 is 11.7 Å². The number of hydrogen-bond acceptors (Lipinski definition) is 2. The first-order valence-corrected chi connectivity index (χ1v) is 7.21. The van der Waals surface area contributed by atoms with Crippen molar-refractivity contribution in [1.29, 1.82) is 0 Å². The molecule has 0 fully saturated rings. The molecule has 0 aromatic heterocycles. The SMILES string of the molecule is COc1ccc(C(C)NC(=O)c2cccc(Br)c2F)cc1. The van der Waals surface area contributed by atoms with Gasteiger partial charge < -0.3 is 10.1 Å². The summed E-state index contributed by atoms with van der Waals surface area (Å²) in [7, 11) is 1.59. The Morgan fingerprint density at radius 2 is 1.90 bits per heavy atom. The second-order valence-corrected chi connectivity index (χ2v) is 5.42. The van der Waals surface area contributed by atoms with Crippen LogP contribution < -0.4 is 10.1 Å². The molecule has 2 aromatic carbocycles. The molecule has 0 saturated heterocycles. The van der Waals surface area contributed by atoms with Gasteiger partial charge in [0.25, 0.3) is 5.91 Å². The van der Waals surface area contributed by atoms with Gasteiger partial charge in [-0.1, -0.05) is 18.2 Å². The summed E-state index contributed by atoms with van der Waals surface area (Å²) in [5.74, 6) is -0.260. The molecule has 0 heterocycles. The van der Waals surface area contributed by atoms with Crippen molar-refractivity contribution in [3.63, 3.8) is 0 Å². The summed E-state index contributed by atoms with van der Waals surface area (Å²) in [6, 6.07) is 11.8. The van der Waals surface area contributed by atoms with E-state index >= 15 is 0 Å². The monoisotopic (exact) mass is 351 g/mol. The molecule has 0 spiro atoms. The van der Waals surface area contributed by atoms with Gasteiger partial charge in [0.1, 0.15) is 11.6 Å². The first-order valence-electron chi connectivity index (χ1n) is 6.41. The number of carbonyl (C=O) groups excluding carboxylic acids is 1. The van der Waals surface area contributed by atoms with Gasteiger partial charge in [0.15, 0.2) is 0 Å². The highest BCUT2D eigenvalue weighted by Crippen LogP contribution is 2.21. The van der Waals surface area contributed by atoms with Gasteiger partial charge in [-0.15, -0.1) is 0 Å². The highest BCUT2D eigenvalue weighted by molar-refractivity contribution is 9.10. The minimum Gasteiger partial charge on any atom is -0.497 e. The fourth-order valence-electron chi connectivity index (χ4n) is 1.93. The lowest BCUT2D eigenvalue weighted by Crippen LogP contribution is -2.27. The van der Waals surface area contributed by atoms with Crippen LogP contribution in [-0.4, -0.2) is 13.0 Å². The van der Waals surface area contributed by atoms with Crippen molar-refractivity contribution in [2.45, 2.75) is 13.0 Å². The third-order valence-electron chi connectivity index (χ3n) is 3.16. The molecule has 1 unspecified atom stereocenters. The van der Waals surface area contributed by atoms with E-state index in [1.807, 2.05) is 31.2 Å². The molecule has 0 aliphatic rings. The van der Waals surface area contributed by atoms with Gasteiger partial charge in [-0.05, 0) is 52.7 Å². The number of methoxy groups -OCH3 is 1. The summed E-state index contributed by atoms with van der Waals surface area (Å²) < 4.78 is 19.2. The van der Waals surface area contributed by atoms with Crippen LogP contribution >= 0.6 is 15.9 Å². The maximum Gasteiger partial charge on any atom is 0.254 e. The Balaban J connectivity index is 2.12. The van der Waals surface area contributed by atoms with Crippen molar-refractivity contribution in [3.05, 3.63) is 63.9 Å². The summed E-state index contributed by atoms with van der Waals surface area (Å²) >= 11 is 3.07. The zero-order chi connectivity index (χ0) is 15.4. The molecule has 0 saturated carbocycles. The molecule has 0 radical (unpaired) electrons. The maximum atomic E-state index is 13.9. The summed E-state index contributed by atoms with van der Waals surface area (Å²) in [5, 5.41) is 2.78. The number of ether oxygens (including phenoxy) is 1. The molecule has 110 valence electrons. The molecule has 2 aromatic rings. The van der Waals surface area contributed by atoms with E-state index in [1.54, 1.807) is 19.2 Å². The predicted molar refractivity (Wildman–Crippen MR) is 83.0 cm³/mol. The number of halogens is 2. The van der Waals surface area contributed by atoms with Crippen LogP contribution in [0.3, 0.4) is 0 Å². The Morgan fingerprint density at radius 3 is 2.52 bits per heavy atom. The van der Waals surface area contributed by atoms with Crippen molar-refractivity contribution in [3.8, 4) is 5.75 Å². The summed E-state index contributed by atoms with van der Waals surface area (Å²) in [6.45, 7) is 1.84. The number of carbonyl (C=O) groups is 1. The van der Waals surface area contributed by atoms with Gasteiger partial charge in [-0.3, -0.25) is 4.79 Å².